The molecule has 2 nitrogen and oxygen atoms in total. The van der Waals surface area contributed by atoms with Gasteiger partial charge in [0.2, 0.25) is 0 Å². The van der Waals surface area contributed by atoms with Gasteiger partial charge in [-0.1, -0.05) is 50.6 Å². The molecule has 1 N–H and O–H groups in total. The minimum Gasteiger partial charge on any atom is -0.489 e. The van der Waals surface area contributed by atoms with Gasteiger partial charge in [0, 0.05) is 5.69 Å². The molecule has 0 aliphatic carbocycles. The minimum absolute atomic E-state index is 0.102. The van der Waals surface area contributed by atoms with Crippen LogP contribution in [0.2, 0.25) is 0 Å². The molecule has 1 atom stereocenters. The van der Waals surface area contributed by atoms with Gasteiger partial charge in [-0.25, -0.2) is 0 Å². The fourth-order valence-electron chi connectivity index (χ4n) is 3.01. The summed E-state index contributed by atoms with van der Waals surface area (Å²) in [6.45, 7) is 16.0. The molecule has 2 rings (SSSR count). The Labute approximate surface area is 147 Å². The summed E-state index contributed by atoms with van der Waals surface area (Å²) in [5.41, 5.74) is 6.60. The van der Waals surface area contributed by atoms with Crippen molar-refractivity contribution in [3.63, 3.8) is 0 Å². The topological polar surface area (TPSA) is 21.3 Å². The first-order valence-corrected chi connectivity index (χ1v) is 8.76. The van der Waals surface area contributed by atoms with E-state index in [0.717, 1.165) is 12.3 Å². The number of hydrogen-bond donors (Lipinski definition) is 1. The molecular weight excluding hydrogens is 294 g/mol. The minimum atomic E-state index is 0.102. The smallest absolute Gasteiger partial charge is 0.119 e. The van der Waals surface area contributed by atoms with Crippen LogP contribution in [0.15, 0.2) is 36.4 Å². The van der Waals surface area contributed by atoms with Crippen LogP contribution < -0.4 is 10.1 Å². The van der Waals surface area contributed by atoms with E-state index < -0.39 is 0 Å². The molecule has 0 aliphatic heterocycles. The van der Waals surface area contributed by atoms with Crippen molar-refractivity contribution in [3.8, 4) is 5.75 Å². The summed E-state index contributed by atoms with van der Waals surface area (Å²) in [7, 11) is 0. The lowest BCUT2D eigenvalue weighted by molar-refractivity contribution is 0.234. The molecule has 0 spiro atoms. The fraction of sp³-hybridized carbons (Fsp3) is 0.455. The molecule has 0 saturated heterocycles. The van der Waals surface area contributed by atoms with Gasteiger partial charge in [-0.2, -0.15) is 0 Å². The summed E-state index contributed by atoms with van der Waals surface area (Å²) in [6, 6.07) is 12.9. The van der Waals surface area contributed by atoms with Crippen molar-refractivity contribution in [3.05, 3.63) is 58.7 Å². The van der Waals surface area contributed by atoms with Crippen molar-refractivity contribution >= 4 is 5.69 Å². The van der Waals surface area contributed by atoms with E-state index in [4.69, 9.17) is 4.74 Å². The van der Waals surface area contributed by atoms with Crippen LogP contribution in [0.3, 0.4) is 0 Å². The van der Waals surface area contributed by atoms with Gasteiger partial charge in [0.05, 0.1) is 6.54 Å². The van der Waals surface area contributed by atoms with E-state index in [2.05, 4.69) is 90.2 Å². The van der Waals surface area contributed by atoms with Gasteiger partial charge < -0.3 is 10.1 Å². The first-order valence-electron chi connectivity index (χ1n) is 8.76. The quantitative estimate of drug-likeness (QED) is 0.751. The molecule has 0 saturated carbocycles. The summed E-state index contributed by atoms with van der Waals surface area (Å²) >= 11 is 0. The zero-order chi connectivity index (χ0) is 17.9. The second-order valence-electron chi connectivity index (χ2n) is 7.86. The predicted octanol–water partition coefficient (Wildman–Crippen LogP) is 5.79. The lowest BCUT2D eigenvalue weighted by atomic mass is 9.87. The van der Waals surface area contributed by atoms with Crippen molar-refractivity contribution in [2.75, 3.05) is 11.9 Å². The van der Waals surface area contributed by atoms with E-state index in [1.165, 1.54) is 27.9 Å². The first-order chi connectivity index (χ1) is 11.2. The van der Waals surface area contributed by atoms with Gasteiger partial charge in [-0.05, 0) is 61.9 Å². The van der Waals surface area contributed by atoms with Crippen LogP contribution in [0.25, 0.3) is 0 Å². The highest BCUT2D eigenvalue weighted by Gasteiger charge is 2.13. The number of benzene rings is 2. The summed E-state index contributed by atoms with van der Waals surface area (Å²) in [5.74, 6) is 0.926. The summed E-state index contributed by atoms with van der Waals surface area (Å²) in [4.78, 5) is 0. The van der Waals surface area contributed by atoms with Gasteiger partial charge >= 0.3 is 0 Å². The standard InChI is InChI=1S/C22H31NO/c1-15-12-16(2)21(17(3)13-15)23-14-18(4)24-20-10-8-19(9-11-20)22(5,6)7/h8-13,18,23H,14H2,1-7H3. The zero-order valence-electron chi connectivity index (χ0n) is 16.2. The lowest BCUT2D eigenvalue weighted by Gasteiger charge is -2.21. The fourth-order valence-corrected chi connectivity index (χ4v) is 3.01. The predicted molar refractivity (Wildman–Crippen MR) is 104 cm³/mol. The molecular formula is C22H31NO. The number of ether oxygens (including phenoxy) is 1. The summed E-state index contributed by atoms with van der Waals surface area (Å²) in [6.07, 6.45) is 0.102. The number of hydrogen-bond acceptors (Lipinski definition) is 2. The highest BCUT2D eigenvalue weighted by atomic mass is 16.5. The average Bonchev–Trinajstić information content (AvgIpc) is 2.45. The molecule has 130 valence electrons. The van der Waals surface area contributed by atoms with Gasteiger partial charge in [-0.3, -0.25) is 0 Å². The van der Waals surface area contributed by atoms with Crippen LogP contribution in [-0.4, -0.2) is 12.6 Å². The third-order valence-corrected chi connectivity index (χ3v) is 4.30. The monoisotopic (exact) mass is 325 g/mol. The largest absolute Gasteiger partial charge is 0.489 e. The molecule has 0 amide bonds. The van der Waals surface area contributed by atoms with Crippen molar-refractivity contribution < 1.29 is 4.74 Å². The van der Waals surface area contributed by atoms with Crippen molar-refractivity contribution in [1.29, 1.82) is 0 Å². The van der Waals surface area contributed by atoms with E-state index in [0.29, 0.717) is 0 Å². The maximum Gasteiger partial charge on any atom is 0.119 e. The molecule has 0 aromatic heterocycles. The molecule has 0 heterocycles. The van der Waals surface area contributed by atoms with Crippen molar-refractivity contribution in [2.24, 2.45) is 0 Å². The second-order valence-corrected chi connectivity index (χ2v) is 7.86. The molecule has 0 bridgehead atoms. The Morgan fingerprint density at radius 1 is 0.958 bits per heavy atom. The van der Waals surface area contributed by atoms with Crippen LogP contribution in [0.4, 0.5) is 5.69 Å². The van der Waals surface area contributed by atoms with Gasteiger partial charge in [0.1, 0.15) is 11.9 Å². The van der Waals surface area contributed by atoms with Gasteiger partial charge in [0.25, 0.3) is 0 Å². The van der Waals surface area contributed by atoms with Crippen LogP contribution in [-0.2, 0) is 5.41 Å². The third kappa shape index (κ3) is 4.77. The van der Waals surface area contributed by atoms with Gasteiger partial charge in [-0.15, -0.1) is 0 Å². The maximum absolute atomic E-state index is 6.04. The van der Waals surface area contributed by atoms with E-state index in [9.17, 15) is 0 Å². The van der Waals surface area contributed by atoms with Crippen LogP contribution in [0.5, 0.6) is 5.75 Å². The number of anilines is 1. The van der Waals surface area contributed by atoms with E-state index >= 15 is 0 Å². The Balaban J connectivity index is 1.95. The molecule has 2 aromatic carbocycles. The number of nitrogens with one attached hydrogen (secondary N) is 1. The van der Waals surface area contributed by atoms with Crippen molar-refractivity contribution in [2.45, 2.75) is 60.0 Å². The van der Waals surface area contributed by atoms with Crippen LogP contribution in [0, 0.1) is 20.8 Å². The molecule has 24 heavy (non-hydrogen) atoms. The molecule has 0 radical (unpaired) electrons. The molecule has 1 unspecified atom stereocenters. The van der Waals surface area contributed by atoms with Crippen LogP contribution >= 0.6 is 0 Å². The third-order valence-electron chi connectivity index (χ3n) is 4.30. The van der Waals surface area contributed by atoms with E-state index in [-0.39, 0.29) is 11.5 Å². The molecule has 2 aromatic rings. The average molecular weight is 325 g/mol. The normalized spacial score (nSPS) is 12.8. The molecule has 2 heteroatoms. The first kappa shape index (κ1) is 18.4. The van der Waals surface area contributed by atoms with E-state index in [1.54, 1.807) is 0 Å². The van der Waals surface area contributed by atoms with Gasteiger partial charge in [0.15, 0.2) is 0 Å². The molecule has 0 aliphatic rings. The maximum atomic E-state index is 6.04. The Hall–Kier alpha value is -1.96. The van der Waals surface area contributed by atoms with E-state index in [1.807, 2.05) is 0 Å². The summed E-state index contributed by atoms with van der Waals surface area (Å²) < 4.78 is 6.04. The Kier molecular flexibility index (Phi) is 5.58. The Morgan fingerprint density at radius 3 is 2.00 bits per heavy atom. The molecule has 0 fully saturated rings. The zero-order valence-corrected chi connectivity index (χ0v) is 16.2. The van der Waals surface area contributed by atoms with Crippen LogP contribution in [0.1, 0.15) is 49.9 Å². The summed E-state index contributed by atoms with van der Waals surface area (Å²) in [5, 5.41) is 3.54. The Bertz CT molecular complexity index is 657. The highest BCUT2D eigenvalue weighted by Crippen LogP contribution is 2.25. The SMILES string of the molecule is Cc1cc(C)c(NCC(C)Oc2ccc(C(C)(C)C)cc2)c(C)c1. The lowest BCUT2D eigenvalue weighted by Crippen LogP contribution is -2.23. The Morgan fingerprint density at radius 2 is 1.50 bits per heavy atom. The second kappa shape index (κ2) is 7.29. The van der Waals surface area contributed by atoms with Crippen molar-refractivity contribution in [1.82, 2.24) is 0 Å². The number of aryl methyl sites for hydroxylation is 3. The highest BCUT2D eigenvalue weighted by molar-refractivity contribution is 5.58. The number of rotatable bonds is 5.